The smallest absolute Gasteiger partial charge is 0.137 e. The van der Waals surface area contributed by atoms with Gasteiger partial charge in [-0.15, -0.1) is 0 Å². The molecule has 0 amide bonds. The van der Waals surface area contributed by atoms with Crippen LogP contribution in [0.1, 0.15) is 41.6 Å². The average Bonchev–Trinajstić information content (AvgIpc) is 2.46. The van der Waals surface area contributed by atoms with Crippen LogP contribution in [0.4, 0.5) is 4.39 Å². The molecule has 0 spiro atoms. The van der Waals surface area contributed by atoms with Crippen LogP contribution < -0.4 is 5.32 Å². The van der Waals surface area contributed by atoms with Gasteiger partial charge in [-0.05, 0) is 77.1 Å². The Morgan fingerprint density at radius 1 is 1.05 bits per heavy atom. The predicted octanol–water partition coefficient (Wildman–Crippen LogP) is 5.29. The molecule has 112 valence electrons. The van der Waals surface area contributed by atoms with E-state index in [9.17, 15) is 4.39 Å². The largest absolute Gasteiger partial charge is 0.306 e. The van der Waals surface area contributed by atoms with Crippen molar-refractivity contribution < 1.29 is 4.39 Å². The molecule has 0 saturated heterocycles. The van der Waals surface area contributed by atoms with E-state index in [1.54, 1.807) is 12.1 Å². The topological polar surface area (TPSA) is 12.0 Å². The van der Waals surface area contributed by atoms with Crippen LogP contribution in [-0.4, -0.2) is 6.54 Å². The highest BCUT2D eigenvalue weighted by Gasteiger charge is 2.15. The van der Waals surface area contributed by atoms with Gasteiger partial charge in [-0.1, -0.05) is 31.2 Å². The van der Waals surface area contributed by atoms with Crippen LogP contribution in [0.2, 0.25) is 0 Å². The van der Waals surface area contributed by atoms with E-state index in [1.807, 2.05) is 6.07 Å². The van der Waals surface area contributed by atoms with Gasteiger partial charge in [0.15, 0.2) is 0 Å². The van der Waals surface area contributed by atoms with Crippen molar-refractivity contribution in [1.29, 1.82) is 0 Å². The van der Waals surface area contributed by atoms with Gasteiger partial charge in [0.25, 0.3) is 0 Å². The maximum absolute atomic E-state index is 13.8. The first kappa shape index (κ1) is 16.2. The molecule has 2 aromatic carbocycles. The molecule has 0 heterocycles. The van der Waals surface area contributed by atoms with Gasteiger partial charge in [0.05, 0.1) is 10.5 Å². The van der Waals surface area contributed by atoms with Crippen molar-refractivity contribution in [2.45, 2.75) is 33.2 Å². The second kappa shape index (κ2) is 7.19. The quantitative estimate of drug-likeness (QED) is 0.772. The van der Waals surface area contributed by atoms with Crippen molar-refractivity contribution in [2.75, 3.05) is 6.54 Å². The summed E-state index contributed by atoms with van der Waals surface area (Å²) in [5.41, 5.74) is 4.66. The lowest BCUT2D eigenvalue weighted by molar-refractivity contribution is 0.583. The Bertz CT molecular complexity index is 573. The molecule has 0 aromatic heterocycles. The summed E-state index contributed by atoms with van der Waals surface area (Å²) in [5.74, 6) is -0.223. The summed E-state index contributed by atoms with van der Waals surface area (Å²) in [6, 6.07) is 11.8. The van der Waals surface area contributed by atoms with E-state index >= 15 is 0 Å². The van der Waals surface area contributed by atoms with Crippen LogP contribution in [0.3, 0.4) is 0 Å². The van der Waals surface area contributed by atoms with Gasteiger partial charge in [-0.25, -0.2) is 4.39 Å². The van der Waals surface area contributed by atoms with Crippen molar-refractivity contribution in [3.8, 4) is 0 Å². The zero-order valence-electron chi connectivity index (χ0n) is 12.7. The average molecular weight is 350 g/mol. The van der Waals surface area contributed by atoms with E-state index < -0.39 is 0 Å². The summed E-state index contributed by atoms with van der Waals surface area (Å²) in [5, 5.41) is 3.51. The summed E-state index contributed by atoms with van der Waals surface area (Å²) < 4.78 is 14.3. The molecule has 1 N–H and O–H groups in total. The SMILES string of the molecule is CCCNC(c1ccc(C)c(C)c1)c1ccc(Br)c(F)c1. The lowest BCUT2D eigenvalue weighted by Gasteiger charge is -2.21. The molecule has 0 radical (unpaired) electrons. The lowest BCUT2D eigenvalue weighted by atomic mass is 9.95. The third-order valence-electron chi connectivity index (χ3n) is 3.74. The number of halogens is 2. The fourth-order valence-corrected chi connectivity index (χ4v) is 2.60. The Kier molecular flexibility index (Phi) is 5.54. The van der Waals surface area contributed by atoms with Gasteiger partial charge < -0.3 is 5.32 Å². The summed E-state index contributed by atoms with van der Waals surface area (Å²) >= 11 is 3.21. The molecule has 2 aromatic rings. The zero-order valence-corrected chi connectivity index (χ0v) is 14.3. The van der Waals surface area contributed by atoms with Gasteiger partial charge in [-0.3, -0.25) is 0 Å². The lowest BCUT2D eigenvalue weighted by Crippen LogP contribution is -2.23. The normalized spacial score (nSPS) is 12.4. The Morgan fingerprint density at radius 2 is 1.71 bits per heavy atom. The highest BCUT2D eigenvalue weighted by atomic mass is 79.9. The van der Waals surface area contributed by atoms with E-state index in [0.717, 1.165) is 18.5 Å². The molecule has 0 bridgehead atoms. The van der Waals surface area contributed by atoms with Crippen LogP contribution in [0.5, 0.6) is 0 Å². The first-order chi connectivity index (χ1) is 10.0. The number of hydrogen-bond donors (Lipinski definition) is 1. The minimum Gasteiger partial charge on any atom is -0.306 e. The molecule has 0 aliphatic heterocycles. The third kappa shape index (κ3) is 3.92. The molecule has 0 saturated carbocycles. The molecule has 1 atom stereocenters. The van der Waals surface area contributed by atoms with Gasteiger partial charge >= 0.3 is 0 Å². The fraction of sp³-hybridized carbons (Fsp3) is 0.333. The highest BCUT2D eigenvalue weighted by Crippen LogP contribution is 2.27. The fourth-order valence-electron chi connectivity index (χ4n) is 2.35. The molecule has 2 rings (SSSR count). The molecule has 0 aliphatic carbocycles. The molecule has 0 fully saturated rings. The minimum absolute atomic E-state index is 0.0202. The molecule has 0 aliphatic rings. The first-order valence-electron chi connectivity index (χ1n) is 7.28. The van der Waals surface area contributed by atoms with E-state index in [-0.39, 0.29) is 11.9 Å². The zero-order chi connectivity index (χ0) is 15.4. The van der Waals surface area contributed by atoms with Crippen molar-refractivity contribution in [3.05, 3.63) is 68.9 Å². The number of rotatable bonds is 5. The maximum Gasteiger partial charge on any atom is 0.137 e. The Morgan fingerprint density at radius 3 is 2.33 bits per heavy atom. The van der Waals surface area contributed by atoms with Crippen LogP contribution in [0, 0.1) is 19.7 Å². The summed E-state index contributed by atoms with van der Waals surface area (Å²) in [6.07, 6.45) is 1.04. The highest BCUT2D eigenvalue weighted by molar-refractivity contribution is 9.10. The van der Waals surface area contributed by atoms with E-state index in [2.05, 4.69) is 60.2 Å². The second-order valence-electron chi connectivity index (χ2n) is 5.40. The van der Waals surface area contributed by atoms with Crippen molar-refractivity contribution in [3.63, 3.8) is 0 Å². The molecular weight excluding hydrogens is 329 g/mol. The van der Waals surface area contributed by atoms with Gasteiger partial charge in [0.2, 0.25) is 0 Å². The molecule has 3 heteroatoms. The Hall–Kier alpha value is -1.19. The monoisotopic (exact) mass is 349 g/mol. The molecule has 1 unspecified atom stereocenters. The second-order valence-corrected chi connectivity index (χ2v) is 6.26. The number of aryl methyl sites for hydroxylation is 2. The standard InChI is InChI=1S/C18H21BrFN/c1-4-9-21-18(14-6-5-12(2)13(3)10-14)15-7-8-16(19)17(20)11-15/h5-8,10-11,18,21H,4,9H2,1-3H3. The maximum atomic E-state index is 13.8. The number of nitrogens with one attached hydrogen (secondary N) is 1. The van der Waals surface area contributed by atoms with E-state index in [4.69, 9.17) is 0 Å². The predicted molar refractivity (Wildman–Crippen MR) is 90.2 cm³/mol. The summed E-state index contributed by atoms with van der Waals surface area (Å²) in [4.78, 5) is 0. The van der Waals surface area contributed by atoms with Crippen LogP contribution in [0.25, 0.3) is 0 Å². The van der Waals surface area contributed by atoms with Gasteiger partial charge in [0.1, 0.15) is 5.82 Å². The van der Waals surface area contributed by atoms with Crippen molar-refractivity contribution in [2.24, 2.45) is 0 Å². The Balaban J connectivity index is 2.41. The minimum atomic E-state index is -0.223. The molecule has 1 nitrogen and oxygen atoms in total. The third-order valence-corrected chi connectivity index (χ3v) is 4.38. The van der Waals surface area contributed by atoms with Crippen LogP contribution >= 0.6 is 15.9 Å². The Labute approximate surface area is 134 Å². The van der Waals surface area contributed by atoms with E-state index in [0.29, 0.717) is 4.47 Å². The van der Waals surface area contributed by atoms with E-state index in [1.165, 1.54) is 16.7 Å². The number of benzene rings is 2. The van der Waals surface area contributed by atoms with Crippen molar-refractivity contribution in [1.82, 2.24) is 5.32 Å². The van der Waals surface area contributed by atoms with Gasteiger partial charge in [-0.2, -0.15) is 0 Å². The van der Waals surface area contributed by atoms with Crippen molar-refractivity contribution >= 4 is 15.9 Å². The summed E-state index contributed by atoms with van der Waals surface area (Å²) in [7, 11) is 0. The molecule has 21 heavy (non-hydrogen) atoms. The summed E-state index contributed by atoms with van der Waals surface area (Å²) in [6.45, 7) is 7.24. The number of hydrogen-bond acceptors (Lipinski definition) is 1. The molecular formula is C18H21BrFN. The first-order valence-corrected chi connectivity index (χ1v) is 8.07. The van der Waals surface area contributed by atoms with Crippen LogP contribution in [-0.2, 0) is 0 Å². The van der Waals surface area contributed by atoms with Gasteiger partial charge in [0, 0.05) is 0 Å². The van der Waals surface area contributed by atoms with Crippen LogP contribution in [0.15, 0.2) is 40.9 Å².